The Hall–Kier alpha value is -2.40. The molecule has 0 bridgehead atoms. The molecule has 5 nitrogen and oxygen atoms in total. The Morgan fingerprint density at radius 3 is 2.50 bits per heavy atom. The van der Waals surface area contributed by atoms with Gasteiger partial charge in [-0.2, -0.15) is 0 Å². The molecule has 0 saturated heterocycles. The van der Waals surface area contributed by atoms with Crippen molar-refractivity contribution in [1.29, 1.82) is 0 Å². The Morgan fingerprint density at radius 1 is 1.09 bits per heavy atom. The van der Waals surface area contributed by atoms with Crippen LogP contribution in [0.1, 0.15) is 20.7 Å². The van der Waals surface area contributed by atoms with Crippen molar-refractivity contribution < 1.29 is 14.3 Å². The monoisotopic (exact) mass is 298 g/mol. The van der Waals surface area contributed by atoms with Crippen molar-refractivity contribution in [2.75, 3.05) is 34.3 Å². The van der Waals surface area contributed by atoms with Crippen LogP contribution in [-0.2, 0) is 0 Å². The molecule has 0 spiro atoms. The Morgan fingerprint density at radius 2 is 1.82 bits per heavy atom. The Labute approximate surface area is 129 Å². The molecular weight excluding hydrogens is 280 g/mol. The number of likely N-dealkylation sites (N-methyl/N-ethyl adjacent to an activating group) is 1. The summed E-state index contributed by atoms with van der Waals surface area (Å²) in [6, 6.07) is 9.05. The highest BCUT2D eigenvalue weighted by atomic mass is 16.5. The third kappa shape index (κ3) is 2.23. The number of nitrogens with zero attached hydrogens (tertiary/aromatic N) is 2. The van der Waals surface area contributed by atoms with Gasteiger partial charge < -0.3 is 9.64 Å². The molecule has 0 radical (unpaired) electrons. The third-order valence-electron chi connectivity index (χ3n) is 3.91. The minimum atomic E-state index is -0.255. The molecule has 2 aromatic rings. The van der Waals surface area contributed by atoms with E-state index in [1.165, 1.54) is 4.90 Å². The molecule has 5 heteroatoms. The van der Waals surface area contributed by atoms with Gasteiger partial charge in [0.25, 0.3) is 11.8 Å². The van der Waals surface area contributed by atoms with E-state index in [9.17, 15) is 9.59 Å². The molecule has 3 rings (SSSR count). The van der Waals surface area contributed by atoms with Gasteiger partial charge >= 0.3 is 0 Å². The van der Waals surface area contributed by atoms with E-state index in [-0.39, 0.29) is 11.8 Å². The van der Waals surface area contributed by atoms with Crippen molar-refractivity contribution in [1.82, 2.24) is 9.80 Å². The van der Waals surface area contributed by atoms with Gasteiger partial charge in [0, 0.05) is 24.0 Å². The highest BCUT2D eigenvalue weighted by Crippen LogP contribution is 2.33. The van der Waals surface area contributed by atoms with Crippen LogP contribution in [0.15, 0.2) is 30.3 Å². The standard InChI is InChI=1S/C17H18N2O3/c1-18(2)7-8-19-16(20)13-6-4-5-11-9-12(22-3)10-14(15(11)13)17(19)21/h4-6,9-10H,7-8H2,1-3H3. The zero-order valence-corrected chi connectivity index (χ0v) is 12.9. The van der Waals surface area contributed by atoms with Crippen molar-refractivity contribution in [2.45, 2.75) is 0 Å². The largest absolute Gasteiger partial charge is 0.497 e. The van der Waals surface area contributed by atoms with Gasteiger partial charge in [-0.3, -0.25) is 14.5 Å². The maximum atomic E-state index is 12.7. The normalized spacial score (nSPS) is 14.1. The van der Waals surface area contributed by atoms with E-state index in [4.69, 9.17) is 4.74 Å². The zero-order valence-electron chi connectivity index (χ0n) is 12.9. The fraction of sp³-hybridized carbons (Fsp3) is 0.294. The molecule has 22 heavy (non-hydrogen) atoms. The van der Waals surface area contributed by atoms with Gasteiger partial charge in [-0.1, -0.05) is 12.1 Å². The number of amides is 2. The number of carbonyl (C=O) groups excluding carboxylic acids is 2. The Bertz CT molecular complexity index is 768. The number of imide groups is 1. The number of carbonyl (C=O) groups is 2. The summed E-state index contributed by atoms with van der Waals surface area (Å²) in [5.41, 5.74) is 1.11. The summed E-state index contributed by atoms with van der Waals surface area (Å²) in [7, 11) is 5.40. The average Bonchev–Trinajstić information content (AvgIpc) is 2.51. The van der Waals surface area contributed by atoms with Crippen LogP contribution < -0.4 is 4.74 Å². The van der Waals surface area contributed by atoms with Crippen LogP contribution in [0.4, 0.5) is 0 Å². The topological polar surface area (TPSA) is 49.9 Å². The van der Waals surface area contributed by atoms with Gasteiger partial charge in [-0.15, -0.1) is 0 Å². The molecule has 0 aliphatic carbocycles. The van der Waals surface area contributed by atoms with Gasteiger partial charge in [-0.25, -0.2) is 0 Å². The number of rotatable bonds is 4. The van der Waals surface area contributed by atoms with E-state index in [0.717, 1.165) is 10.8 Å². The van der Waals surface area contributed by atoms with Crippen LogP contribution in [-0.4, -0.2) is 55.9 Å². The summed E-state index contributed by atoms with van der Waals surface area (Å²) in [4.78, 5) is 28.6. The Balaban J connectivity index is 2.16. The highest BCUT2D eigenvalue weighted by molar-refractivity contribution is 6.25. The van der Waals surface area contributed by atoms with E-state index >= 15 is 0 Å². The Kier molecular flexibility index (Phi) is 3.58. The molecule has 0 atom stereocenters. The molecule has 2 aromatic carbocycles. The van der Waals surface area contributed by atoms with Crippen LogP contribution in [0, 0.1) is 0 Å². The number of benzene rings is 2. The first-order chi connectivity index (χ1) is 10.5. The van der Waals surface area contributed by atoms with E-state index in [2.05, 4.69) is 0 Å². The van der Waals surface area contributed by atoms with Crippen molar-refractivity contribution in [3.05, 3.63) is 41.5 Å². The maximum Gasteiger partial charge on any atom is 0.261 e. The first-order valence-electron chi connectivity index (χ1n) is 7.14. The van der Waals surface area contributed by atoms with Crippen LogP contribution in [0.2, 0.25) is 0 Å². The first-order valence-corrected chi connectivity index (χ1v) is 7.14. The maximum absolute atomic E-state index is 12.7. The molecule has 0 aromatic heterocycles. The zero-order chi connectivity index (χ0) is 15.9. The second-order valence-corrected chi connectivity index (χ2v) is 5.64. The second-order valence-electron chi connectivity index (χ2n) is 5.64. The molecule has 1 aliphatic rings. The van der Waals surface area contributed by atoms with Crippen LogP contribution >= 0.6 is 0 Å². The van der Waals surface area contributed by atoms with Gasteiger partial charge in [0.1, 0.15) is 5.75 Å². The number of hydrogen-bond acceptors (Lipinski definition) is 4. The highest BCUT2D eigenvalue weighted by Gasteiger charge is 2.32. The van der Waals surface area contributed by atoms with Crippen LogP contribution in [0.25, 0.3) is 10.8 Å². The fourth-order valence-electron chi connectivity index (χ4n) is 2.75. The van der Waals surface area contributed by atoms with Crippen molar-refractivity contribution in [3.63, 3.8) is 0 Å². The lowest BCUT2D eigenvalue weighted by atomic mass is 9.93. The third-order valence-corrected chi connectivity index (χ3v) is 3.91. The lowest BCUT2D eigenvalue weighted by Crippen LogP contribution is -2.43. The molecule has 114 valence electrons. The van der Waals surface area contributed by atoms with Crippen molar-refractivity contribution in [2.24, 2.45) is 0 Å². The fourth-order valence-corrected chi connectivity index (χ4v) is 2.75. The predicted molar refractivity (Wildman–Crippen MR) is 84.4 cm³/mol. The summed E-state index contributed by atoms with van der Waals surface area (Å²) in [6.45, 7) is 1.00. The average molecular weight is 298 g/mol. The van der Waals surface area contributed by atoms with Gasteiger partial charge in [0.15, 0.2) is 0 Å². The number of methoxy groups -OCH3 is 1. The van der Waals surface area contributed by atoms with Crippen molar-refractivity contribution >= 4 is 22.6 Å². The summed E-state index contributed by atoms with van der Waals surface area (Å²) in [5, 5.41) is 1.57. The minimum absolute atomic E-state index is 0.227. The molecular formula is C17H18N2O3. The van der Waals surface area contributed by atoms with E-state index < -0.39 is 0 Å². The molecule has 0 unspecified atom stereocenters. The molecule has 0 fully saturated rings. The van der Waals surface area contributed by atoms with E-state index in [1.807, 2.05) is 37.2 Å². The van der Waals surface area contributed by atoms with Crippen molar-refractivity contribution in [3.8, 4) is 5.75 Å². The molecule has 1 heterocycles. The summed E-state index contributed by atoms with van der Waals surface area (Å²) >= 11 is 0. The summed E-state index contributed by atoms with van der Waals surface area (Å²) in [6.07, 6.45) is 0. The van der Waals surface area contributed by atoms with E-state index in [1.54, 1.807) is 19.2 Å². The number of hydrogen-bond donors (Lipinski definition) is 0. The molecule has 2 amide bonds. The van der Waals surface area contributed by atoms with Crippen LogP contribution in [0.3, 0.4) is 0 Å². The lowest BCUT2D eigenvalue weighted by Gasteiger charge is -2.28. The van der Waals surface area contributed by atoms with E-state index in [0.29, 0.717) is 30.0 Å². The predicted octanol–water partition coefficient (Wildman–Crippen LogP) is 2.01. The molecule has 0 saturated carbocycles. The van der Waals surface area contributed by atoms with Gasteiger partial charge in [-0.05, 0) is 37.7 Å². The SMILES string of the molecule is COc1cc2c3c(cccc3c1)C(=O)N(CCN(C)C)C2=O. The number of ether oxygens (including phenoxy) is 1. The second kappa shape index (κ2) is 5.42. The summed E-state index contributed by atoms with van der Waals surface area (Å²) < 4.78 is 5.27. The minimum Gasteiger partial charge on any atom is -0.497 e. The van der Waals surface area contributed by atoms with Crippen LogP contribution in [0.5, 0.6) is 5.75 Å². The molecule has 0 N–H and O–H groups in total. The smallest absolute Gasteiger partial charge is 0.261 e. The van der Waals surface area contributed by atoms with Gasteiger partial charge in [0.2, 0.25) is 0 Å². The molecule has 1 aliphatic heterocycles. The first kappa shape index (κ1) is 14.5. The lowest BCUT2D eigenvalue weighted by molar-refractivity contribution is 0.0601. The van der Waals surface area contributed by atoms with Gasteiger partial charge in [0.05, 0.1) is 12.7 Å². The quantitative estimate of drug-likeness (QED) is 0.810. The summed E-state index contributed by atoms with van der Waals surface area (Å²) in [5.74, 6) is 0.138.